The van der Waals surface area contributed by atoms with Crippen LogP contribution >= 0.6 is 0 Å². The SMILES string of the molecule is C=C1CCC2(CCC(C(C)(C)C)CC2)OC1. The van der Waals surface area contributed by atoms with Crippen LogP contribution in [0.1, 0.15) is 59.3 Å². The molecule has 2 fully saturated rings. The molecule has 1 saturated heterocycles. The lowest BCUT2D eigenvalue weighted by atomic mass is 9.67. The first-order valence-corrected chi connectivity index (χ1v) is 6.72. The molecule has 1 spiro atoms. The van der Waals surface area contributed by atoms with Crippen LogP contribution in [-0.2, 0) is 4.74 Å². The Morgan fingerprint density at radius 2 is 1.81 bits per heavy atom. The van der Waals surface area contributed by atoms with Crippen LogP contribution < -0.4 is 0 Å². The van der Waals surface area contributed by atoms with Crippen LogP contribution in [0.2, 0.25) is 0 Å². The molecule has 1 heterocycles. The molecule has 1 aliphatic carbocycles. The summed E-state index contributed by atoms with van der Waals surface area (Å²) in [4.78, 5) is 0. The topological polar surface area (TPSA) is 9.23 Å². The van der Waals surface area contributed by atoms with Crippen LogP contribution in [0.15, 0.2) is 12.2 Å². The monoisotopic (exact) mass is 222 g/mol. The molecule has 0 bridgehead atoms. The van der Waals surface area contributed by atoms with Gasteiger partial charge in [0.25, 0.3) is 0 Å². The van der Waals surface area contributed by atoms with Crippen LogP contribution in [0, 0.1) is 11.3 Å². The molecule has 1 nitrogen and oxygen atoms in total. The molecule has 0 N–H and O–H groups in total. The molecule has 0 unspecified atom stereocenters. The van der Waals surface area contributed by atoms with Gasteiger partial charge in [0, 0.05) is 0 Å². The fourth-order valence-electron chi connectivity index (χ4n) is 3.21. The highest BCUT2D eigenvalue weighted by atomic mass is 16.5. The zero-order valence-corrected chi connectivity index (χ0v) is 11.1. The van der Waals surface area contributed by atoms with E-state index < -0.39 is 0 Å². The van der Waals surface area contributed by atoms with Crippen molar-refractivity contribution >= 4 is 0 Å². The van der Waals surface area contributed by atoms with Gasteiger partial charge in [0.2, 0.25) is 0 Å². The molecule has 1 aliphatic heterocycles. The molecule has 0 aromatic rings. The molecule has 1 saturated carbocycles. The summed E-state index contributed by atoms with van der Waals surface area (Å²) in [7, 11) is 0. The lowest BCUT2D eigenvalue weighted by Gasteiger charge is -2.46. The molecule has 2 aliphatic rings. The minimum atomic E-state index is 0.225. The number of hydrogen-bond acceptors (Lipinski definition) is 1. The Balaban J connectivity index is 1.92. The summed E-state index contributed by atoms with van der Waals surface area (Å²) >= 11 is 0. The Morgan fingerprint density at radius 3 is 2.25 bits per heavy atom. The van der Waals surface area contributed by atoms with Crippen LogP contribution in [0.25, 0.3) is 0 Å². The van der Waals surface area contributed by atoms with Crippen molar-refractivity contribution in [1.29, 1.82) is 0 Å². The maximum Gasteiger partial charge on any atom is 0.0690 e. The first kappa shape index (κ1) is 12.2. The van der Waals surface area contributed by atoms with Crippen molar-refractivity contribution in [2.45, 2.75) is 64.9 Å². The van der Waals surface area contributed by atoms with Gasteiger partial charge in [-0.1, -0.05) is 32.9 Å². The molecular formula is C15H26O. The van der Waals surface area contributed by atoms with Gasteiger partial charge in [-0.05, 0) is 49.9 Å². The van der Waals surface area contributed by atoms with Crippen molar-refractivity contribution in [3.8, 4) is 0 Å². The Kier molecular flexibility index (Phi) is 3.18. The molecule has 0 aromatic heterocycles. The van der Waals surface area contributed by atoms with Crippen molar-refractivity contribution < 1.29 is 4.74 Å². The van der Waals surface area contributed by atoms with E-state index in [2.05, 4.69) is 27.4 Å². The first-order chi connectivity index (χ1) is 7.41. The third kappa shape index (κ3) is 2.51. The first-order valence-electron chi connectivity index (χ1n) is 6.72. The van der Waals surface area contributed by atoms with E-state index in [-0.39, 0.29) is 5.60 Å². The smallest absolute Gasteiger partial charge is 0.0690 e. The normalized spacial score (nSPS) is 36.7. The Morgan fingerprint density at radius 1 is 1.19 bits per heavy atom. The van der Waals surface area contributed by atoms with Crippen molar-refractivity contribution in [2.75, 3.05) is 6.61 Å². The number of ether oxygens (including phenoxy) is 1. The molecule has 1 heteroatoms. The summed E-state index contributed by atoms with van der Waals surface area (Å²) in [6.07, 6.45) is 7.61. The van der Waals surface area contributed by atoms with E-state index in [4.69, 9.17) is 4.74 Å². The standard InChI is InChI=1S/C15H26O/c1-12-5-8-15(16-11-12)9-6-13(7-10-15)14(2,3)4/h13H,1,5-11H2,2-4H3. The summed E-state index contributed by atoms with van der Waals surface area (Å²) in [5.41, 5.74) is 1.98. The Bertz CT molecular complexity index is 252. The third-order valence-electron chi connectivity index (χ3n) is 4.64. The molecule has 16 heavy (non-hydrogen) atoms. The van der Waals surface area contributed by atoms with E-state index in [9.17, 15) is 0 Å². The van der Waals surface area contributed by atoms with Crippen LogP contribution in [-0.4, -0.2) is 12.2 Å². The van der Waals surface area contributed by atoms with Gasteiger partial charge in [-0.2, -0.15) is 0 Å². The van der Waals surface area contributed by atoms with E-state index in [0.717, 1.165) is 12.5 Å². The van der Waals surface area contributed by atoms with Gasteiger partial charge in [0.1, 0.15) is 0 Å². The van der Waals surface area contributed by atoms with E-state index in [0.29, 0.717) is 5.41 Å². The summed E-state index contributed by atoms with van der Waals surface area (Å²) in [5.74, 6) is 0.881. The zero-order valence-electron chi connectivity index (χ0n) is 11.1. The van der Waals surface area contributed by atoms with Crippen LogP contribution in [0.4, 0.5) is 0 Å². The number of hydrogen-bond donors (Lipinski definition) is 0. The van der Waals surface area contributed by atoms with Gasteiger partial charge < -0.3 is 4.74 Å². The van der Waals surface area contributed by atoms with E-state index in [1.54, 1.807) is 0 Å². The molecule has 0 aromatic carbocycles. The second-order valence-electron chi connectivity index (χ2n) is 6.86. The van der Waals surface area contributed by atoms with Gasteiger partial charge in [-0.25, -0.2) is 0 Å². The fraction of sp³-hybridized carbons (Fsp3) is 0.867. The molecule has 0 amide bonds. The summed E-state index contributed by atoms with van der Waals surface area (Å²) in [6.45, 7) is 11.9. The summed E-state index contributed by atoms with van der Waals surface area (Å²) in [6, 6.07) is 0. The second-order valence-corrected chi connectivity index (χ2v) is 6.86. The van der Waals surface area contributed by atoms with E-state index >= 15 is 0 Å². The van der Waals surface area contributed by atoms with Crippen molar-refractivity contribution in [3.05, 3.63) is 12.2 Å². The average molecular weight is 222 g/mol. The van der Waals surface area contributed by atoms with Gasteiger partial charge in [-0.15, -0.1) is 0 Å². The lowest BCUT2D eigenvalue weighted by molar-refractivity contribution is -0.0966. The maximum absolute atomic E-state index is 6.08. The highest BCUT2D eigenvalue weighted by Crippen LogP contribution is 2.46. The fourth-order valence-corrected chi connectivity index (χ4v) is 3.21. The predicted octanol–water partition coefficient (Wildman–Crippen LogP) is 4.33. The molecule has 2 rings (SSSR count). The largest absolute Gasteiger partial charge is 0.371 e. The quantitative estimate of drug-likeness (QED) is 0.554. The average Bonchev–Trinajstić information content (AvgIpc) is 2.22. The summed E-state index contributed by atoms with van der Waals surface area (Å²) in [5, 5.41) is 0. The van der Waals surface area contributed by atoms with E-state index in [1.807, 2.05) is 0 Å². The molecular weight excluding hydrogens is 196 g/mol. The second kappa shape index (κ2) is 4.18. The highest BCUT2D eigenvalue weighted by Gasteiger charge is 2.40. The molecule has 92 valence electrons. The van der Waals surface area contributed by atoms with Crippen LogP contribution in [0.3, 0.4) is 0 Å². The predicted molar refractivity (Wildman–Crippen MR) is 68.5 cm³/mol. The summed E-state index contributed by atoms with van der Waals surface area (Å²) < 4.78 is 6.08. The van der Waals surface area contributed by atoms with Crippen molar-refractivity contribution in [1.82, 2.24) is 0 Å². The number of rotatable bonds is 0. The lowest BCUT2D eigenvalue weighted by Crippen LogP contribution is -2.42. The van der Waals surface area contributed by atoms with Crippen LogP contribution in [0.5, 0.6) is 0 Å². The van der Waals surface area contributed by atoms with Gasteiger partial charge in [0.15, 0.2) is 0 Å². The Labute approximate surface area is 100 Å². The van der Waals surface area contributed by atoms with Crippen molar-refractivity contribution in [2.24, 2.45) is 11.3 Å². The third-order valence-corrected chi connectivity index (χ3v) is 4.64. The minimum Gasteiger partial charge on any atom is -0.371 e. The van der Waals surface area contributed by atoms with E-state index in [1.165, 1.54) is 44.1 Å². The highest BCUT2D eigenvalue weighted by molar-refractivity contribution is 5.03. The van der Waals surface area contributed by atoms with Gasteiger partial charge >= 0.3 is 0 Å². The minimum absolute atomic E-state index is 0.225. The molecule has 0 radical (unpaired) electrons. The maximum atomic E-state index is 6.08. The van der Waals surface area contributed by atoms with Crippen molar-refractivity contribution in [3.63, 3.8) is 0 Å². The van der Waals surface area contributed by atoms with Gasteiger partial charge in [0.05, 0.1) is 12.2 Å². The molecule has 0 atom stereocenters. The zero-order chi connectivity index (χ0) is 11.8. The Hall–Kier alpha value is -0.300. The van der Waals surface area contributed by atoms with Gasteiger partial charge in [-0.3, -0.25) is 0 Å².